The Labute approximate surface area is 392 Å². The summed E-state index contributed by atoms with van der Waals surface area (Å²) in [6.45, 7) is 5.35. The van der Waals surface area contributed by atoms with Crippen molar-refractivity contribution < 1.29 is 48.9 Å². The summed E-state index contributed by atoms with van der Waals surface area (Å²) in [6.07, 6.45) is -1.60. The number of para-hydroxylation sites is 1. The molecule has 0 saturated heterocycles. The zero-order valence-electron chi connectivity index (χ0n) is 37.0. The van der Waals surface area contributed by atoms with Crippen molar-refractivity contribution in [2.75, 3.05) is 12.3 Å². The van der Waals surface area contributed by atoms with E-state index in [1.54, 1.807) is 36.5 Å². The van der Waals surface area contributed by atoms with Crippen molar-refractivity contribution in [1.82, 2.24) is 36.9 Å². The first-order valence-corrected chi connectivity index (χ1v) is 22.0. The van der Waals surface area contributed by atoms with Crippen LogP contribution in [0.5, 0.6) is 5.75 Å². The number of carbonyl (C=O) groups excluding carboxylic acids is 7. The number of carbonyl (C=O) groups is 7. The number of aromatic amines is 1. The quantitative estimate of drug-likeness (QED) is 0.0173. The maximum Gasteiger partial charge on any atom is 0.245 e. The molecule has 1 heterocycles. The molecule has 0 aliphatic heterocycles. The number of nitrogens with one attached hydrogen (secondary N) is 7. The van der Waals surface area contributed by atoms with Crippen molar-refractivity contribution >= 4 is 83.5 Å². The Kier molecular flexibility index (Phi) is 20.6. The van der Waals surface area contributed by atoms with Crippen LogP contribution in [-0.4, -0.2) is 139 Å². The molecule has 0 bridgehead atoms. The van der Waals surface area contributed by atoms with Crippen LogP contribution >= 0.6 is 25.3 Å². The number of amides is 7. The van der Waals surface area contributed by atoms with Crippen molar-refractivity contribution in [2.45, 2.75) is 113 Å². The van der Waals surface area contributed by atoms with Gasteiger partial charge in [0.1, 0.15) is 42.0 Å². The lowest BCUT2D eigenvalue weighted by Crippen LogP contribution is -2.64. The molecule has 66 heavy (non-hydrogen) atoms. The highest BCUT2D eigenvalue weighted by molar-refractivity contribution is 7.81. The third-order valence-corrected chi connectivity index (χ3v) is 10.9. The fourth-order valence-corrected chi connectivity index (χ4v) is 6.95. The van der Waals surface area contributed by atoms with Crippen LogP contribution in [0.1, 0.15) is 51.7 Å². The number of benzene rings is 2. The standard InChI is InChI=1S/C42H62N12O10S2/c1-20(55)31(34(44)58)52-40(64)33(42(3,4)66)54-39(63)32(21(2)56)53-36(60)28(10-7-15-47-41(45)46)49-38(62)30(17-23-18-48-27-9-6-5-8-25(23)27)51-37(61)29(50-35(59)26(43)19-65)16-22-11-13-24(57)14-12-22/h5-6,8-9,11-14,18,20-21,26,28-33,48,55-57,65-66H,7,10,15-17,19,43H2,1-4H3,(H2,44,58)(H,49,62)(H,50,59)(H,51,61)(H,52,64)(H,53,60)(H,54,63)(H4,45,46,47)/t20-,21-,26+,28+,29+,30-,31+,32+,33-/m1/s1. The monoisotopic (exact) mass is 958 g/mol. The largest absolute Gasteiger partial charge is 0.508 e. The van der Waals surface area contributed by atoms with E-state index in [0.717, 1.165) is 10.9 Å². The van der Waals surface area contributed by atoms with Crippen LogP contribution in [-0.2, 0) is 46.4 Å². The highest BCUT2D eigenvalue weighted by atomic mass is 32.1. The van der Waals surface area contributed by atoms with Gasteiger partial charge in [0.2, 0.25) is 41.4 Å². The summed E-state index contributed by atoms with van der Waals surface area (Å²) in [7, 11) is 0. The van der Waals surface area contributed by atoms with Gasteiger partial charge in [0.15, 0.2) is 5.96 Å². The lowest BCUT2D eigenvalue weighted by atomic mass is 9.99. The van der Waals surface area contributed by atoms with E-state index in [1.165, 1.54) is 39.8 Å². The predicted molar refractivity (Wildman–Crippen MR) is 253 cm³/mol. The topological polar surface area (TPSA) is 385 Å². The molecule has 1 aromatic heterocycles. The second-order valence-electron chi connectivity index (χ2n) is 16.3. The van der Waals surface area contributed by atoms with Gasteiger partial charge in [-0.15, -0.1) is 0 Å². The van der Waals surface area contributed by atoms with Gasteiger partial charge in [-0.2, -0.15) is 25.3 Å². The lowest BCUT2D eigenvalue weighted by molar-refractivity contribution is -0.137. The van der Waals surface area contributed by atoms with E-state index in [4.69, 9.17) is 22.9 Å². The average molecular weight is 959 g/mol. The van der Waals surface area contributed by atoms with E-state index < -0.39 is 101 Å². The molecule has 7 amide bonds. The zero-order valence-corrected chi connectivity index (χ0v) is 38.8. The average Bonchev–Trinajstić information content (AvgIpc) is 3.65. The SMILES string of the molecule is C[C@@H](O)[C@H](NC(=O)[C@@H](NC(=O)[C@@H](NC(=O)[C@H](CCCN=C(N)N)NC(=O)[C@@H](Cc1c[nH]c2ccccc12)NC(=O)[C@H](Cc1ccc(O)cc1)NC(=O)[C@@H](N)CS)[C@@H](C)O)C(C)(C)S)C(N)=O. The Hall–Kier alpha value is -6.08. The Bertz CT molecular complexity index is 2200. The number of primary amides is 1. The van der Waals surface area contributed by atoms with Crippen molar-refractivity contribution in [1.29, 1.82) is 0 Å². The van der Waals surface area contributed by atoms with Gasteiger partial charge >= 0.3 is 0 Å². The molecule has 362 valence electrons. The van der Waals surface area contributed by atoms with Crippen molar-refractivity contribution in [3.05, 3.63) is 65.9 Å². The summed E-state index contributed by atoms with van der Waals surface area (Å²) in [5, 5.41) is 46.5. The first-order chi connectivity index (χ1) is 30.9. The highest BCUT2D eigenvalue weighted by Crippen LogP contribution is 2.21. The normalized spacial score (nSPS) is 15.5. The van der Waals surface area contributed by atoms with E-state index in [9.17, 15) is 48.9 Å². The molecule has 0 aliphatic rings. The molecular formula is C42H62N12O10S2. The number of aliphatic hydroxyl groups excluding tert-OH is 2. The molecule has 0 unspecified atom stereocenters. The third kappa shape index (κ3) is 16.4. The van der Waals surface area contributed by atoms with E-state index in [2.05, 4.69) is 67.1 Å². The van der Waals surface area contributed by atoms with Gasteiger partial charge in [-0.25, -0.2) is 0 Å². The van der Waals surface area contributed by atoms with Gasteiger partial charge in [0, 0.05) is 47.0 Å². The Morgan fingerprint density at radius 1 is 0.727 bits per heavy atom. The minimum absolute atomic E-state index is 0.0113. The van der Waals surface area contributed by atoms with Crippen LogP contribution in [0.15, 0.2) is 59.7 Å². The predicted octanol–water partition coefficient (Wildman–Crippen LogP) is -3.17. The number of hydrogen-bond acceptors (Lipinski definition) is 14. The molecule has 18 N–H and O–H groups in total. The van der Waals surface area contributed by atoms with E-state index >= 15 is 0 Å². The molecule has 0 aliphatic carbocycles. The summed E-state index contributed by atoms with van der Waals surface area (Å²) in [5.41, 5.74) is 24.1. The summed E-state index contributed by atoms with van der Waals surface area (Å²) < 4.78 is -1.33. The second-order valence-corrected chi connectivity index (χ2v) is 17.8. The number of aromatic hydroxyl groups is 1. The van der Waals surface area contributed by atoms with E-state index in [-0.39, 0.29) is 49.7 Å². The van der Waals surface area contributed by atoms with Gasteiger partial charge in [0.05, 0.1) is 18.2 Å². The molecule has 22 nitrogen and oxygen atoms in total. The number of aliphatic hydroxyl groups is 2. The minimum atomic E-state index is -1.75. The number of aliphatic imine (C=N–C) groups is 1. The van der Waals surface area contributed by atoms with E-state index in [1.807, 2.05) is 6.07 Å². The number of fused-ring (bicyclic) bond motifs is 1. The van der Waals surface area contributed by atoms with Crippen LogP contribution in [0, 0.1) is 0 Å². The van der Waals surface area contributed by atoms with Gasteiger partial charge in [-0.1, -0.05) is 30.3 Å². The number of phenols is 1. The highest BCUT2D eigenvalue weighted by Gasteiger charge is 2.40. The summed E-state index contributed by atoms with van der Waals surface area (Å²) in [4.78, 5) is 102. The molecule has 24 heteroatoms. The zero-order chi connectivity index (χ0) is 49.5. The molecule has 9 atom stereocenters. The van der Waals surface area contributed by atoms with Gasteiger partial charge in [-0.05, 0) is 69.9 Å². The molecule has 3 aromatic rings. The number of aromatic nitrogens is 1. The smallest absolute Gasteiger partial charge is 0.245 e. The van der Waals surface area contributed by atoms with Crippen LogP contribution in [0.4, 0.5) is 0 Å². The van der Waals surface area contributed by atoms with Crippen molar-refractivity contribution in [3.8, 4) is 5.75 Å². The van der Waals surface area contributed by atoms with Gasteiger partial charge < -0.3 is 75.1 Å². The number of guanidine groups is 1. The first-order valence-electron chi connectivity index (χ1n) is 20.9. The summed E-state index contributed by atoms with van der Waals surface area (Å²) >= 11 is 8.52. The van der Waals surface area contributed by atoms with Crippen molar-refractivity contribution in [3.63, 3.8) is 0 Å². The third-order valence-electron chi connectivity index (χ3n) is 10.3. The summed E-state index contributed by atoms with van der Waals surface area (Å²) in [5.74, 6) is -6.74. The van der Waals surface area contributed by atoms with Gasteiger partial charge in [-0.3, -0.25) is 38.6 Å². The van der Waals surface area contributed by atoms with E-state index in [0.29, 0.717) is 11.1 Å². The number of nitrogens with zero attached hydrogens (tertiary/aromatic N) is 1. The number of nitrogens with two attached hydrogens (primary N) is 4. The fourth-order valence-electron chi connectivity index (χ4n) is 6.61. The van der Waals surface area contributed by atoms with Crippen LogP contribution in [0.3, 0.4) is 0 Å². The van der Waals surface area contributed by atoms with Crippen molar-refractivity contribution in [2.24, 2.45) is 27.9 Å². The Morgan fingerprint density at radius 3 is 1.83 bits per heavy atom. The minimum Gasteiger partial charge on any atom is -0.508 e. The molecule has 0 saturated carbocycles. The van der Waals surface area contributed by atoms with Crippen LogP contribution in [0.2, 0.25) is 0 Å². The summed E-state index contributed by atoms with van der Waals surface area (Å²) in [6, 6.07) is 3.04. The molecule has 2 aromatic carbocycles. The van der Waals surface area contributed by atoms with Crippen LogP contribution in [0.25, 0.3) is 10.9 Å². The van der Waals surface area contributed by atoms with Crippen LogP contribution < -0.4 is 54.8 Å². The molecule has 0 radical (unpaired) electrons. The maximum absolute atomic E-state index is 14.5. The second kappa shape index (κ2) is 25.0. The van der Waals surface area contributed by atoms with Gasteiger partial charge in [0.25, 0.3) is 0 Å². The molecular weight excluding hydrogens is 897 g/mol. The Balaban J connectivity index is 2.00. The number of phenolic OH excluding ortho intramolecular Hbond substituents is 1. The molecule has 0 spiro atoms. The maximum atomic E-state index is 14.5. The number of H-pyrrole nitrogens is 1. The molecule has 0 fully saturated rings. The fraction of sp³-hybridized carbons (Fsp3) is 0.476. The first kappa shape index (κ1) is 54.3. The lowest BCUT2D eigenvalue weighted by Gasteiger charge is -2.33. The Morgan fingerprint density at radius 2 is 1.27 bits per heavy atom. The number of thiol groups is 2. The molecule has 3 rings (SSSR count). The number of rotatable bonds is 25. The number of hydrogen-bond donors (Lipinski definition) is 16.